The SMILES string of the molecule is CCCc1cc(C(=O)OC)c(NC(=O)[C@H]2CCCC[C@H]2C(=O)[O-])s1. The molecule has 0 saturated heterocycles. The zero-order valence-electron chi connectivity index (χ0n) is 13.9. The summed E-state index contributed by atoms with van der Waals surface area (Å²) in [6.07, 6.45) is 4.30. The number of anilines is 1. The first-order chi connectivity index (χ1) is 11.5. The summed E-state index contributed by atoms with van der Waals surface area (Å²) in [6.45, 7) is 2.03. The van der Waals surface area contributed by atoms with E-state index in [-0.39, 0.29) is 5.91 Å². The van der Waals surface area contributed by atoms with Crippen LogP contribution in [0.25, 0.3) is 0 Å². The standard InChI is InChI=1S/C17H23NO5S/c1-3-6-10-9-13(17(22)23-2)15(24-10)18-14(19)11-7-4-5-8-12(11)16(20)21/h9,11-12H,3-8H2,1-2H3,(H,18,19)(H,20,21)/p-1/t11-,12+/m0/s1. The van der Waals surface area contributed by atoms with Crippen LogP contribution in [0.4, 0.5) is 5.00 Å². The van der Waals surface area contributed by atoms with Gasteiger partial charge in [-0.15, -0.1) is 11.3 Å². The van der Waals surface area contributed by atoms with Crippen molar-refractivity contribution in [1.82, 2.24) is 0 Å². The molecule has 1 aromatic heterocycles. The number of nitrogens with one attached hydrogen (secondary N) is 1. The Hall–Kier alpha value is -1.89. The van der Waals surface area contributed by atoms with Crippen LogP contribution in [-0.2, 0) is 20.7 Å². The van der Waals surface area contributed by atoms with E-state index in [0.717, 1.165) is 30.6 Å². The highest BCUT2D eigenvalue weighted by Crippen LogP contribution is 2.34. The van der Waals surface area contributed by atoms with Crippen molar-refractivity contribution >= 4 is 34.2 Å². The smallest absolute Gasteiger partial charge is 0.340 e. The average molecular weight is 352 g/mol. The topological polar surface area (TPSA) is 95.5 Å². The number of carboxylic acids is 1. The quantitative estimate of drug-likeness (QED) is 0.790. The molecule has 0 aromatic carbocycles. The van der Waals surface area contributed by atoms with E-state index in [0.29, 0.717) is 23.4 Å². The van der Waals surface area contributed by atoms with E-state index >= 15 is 0 Å². The Bertz CT molecular complexity index is 624. The molecule has 1 fully saturated rings. The number of rotatable bonds is 6. The molecular formula is C17H22NO5S-. The number of esters is 1. The zero-order valence-corrected chi connectivity index (χ0v) is 14.7. The van der Waals surface area contributed by atoms with Gasteiger partial charge in [0.1, 0.15) is 5.00 Å². The fourth-order valence-corrected chi connectivity index (χ4v) is 4.25. The number of aryl methyl sites for hydroxylation is 1. The second-order valence-corrected chi connectivity index (χ2v) is 7.14. The van der Waals surface area contributed by atoms with Gasteiger partial charge in [0.05, 0.1) is 12.7 Å². The first-order valence-corrected chi connectivity index (χ1v) is 9.02. The van der Waals surface area contributed by atoms with Crippen molar-refractivity contribution in [3.8, 4) is 0 Å². The number of hydrogen-bond acceptors (Lipinski definition) is 6. The molecule has 1 aliphatic rings. The monoisotopic (exact) mass is 352 g/mol. The third-order valence-electron chi connectivity index (χ3n) is 4.33. The molecule has 1 aliphatic carbocycles. The summed E-state index contributed by atoms with van der Waals surface area (Å²) >= 11 is 1.33. The molecule has 0 aliphatic heterocycles. The average Bonchev–Trinajstić information content (AvgIpc) is 2.96. The minimum absolute atomic E-state index is 0.320. The fraction of sp³-hybridized carbons (Fsp3) is 0.588. The van der Waals surface area contributed by atoms with Gasteiger partial charge in [0.25, 0.3) is 0 Å². The van der Waals surface area contributed by atoms with E-state index in [2.05, 4.69) is 5.32 Å². The summed E-state index contributed by atoms with van der Waals surface area (Å²) < 4.78 is 4.77. The van der Waals surface area contributed by atoms with Gasteiger partial charge < -0.3 is 20.0 Å². The van der Waals surface area contributed by atoms with E-state index < -0.39 is 23.8 Å². The third kappa shape index (κ3) is 4.14. The first-order valence-electron chi connectivity index (χ1n) is 8.20. The van der Waals surface area contributed by atoms with Gasteiger partial charge in [-0.25, -0.2) is 4.79 Å². The van der Waals surface area contributed by atoms with Crippen molar-refractivity contribution in [3.05, 3.63) is 16.5 Å². The van der Waals surface area contributed by atoms with Crippen LogP contribution < -0.4 is 10.4 Å². The summed E-state index contributed by atoms with van der Waals surface area (Å²) in [5.74, 6) is -3.44. The number of thiophene rings is 1. The van der Waals surface area contributed by atoms with Crippen molar-refractivity contribution in [2.75, 3.05) is 12.4 Å². The Morgan fingerprint density at radius 3 is 2.54 bits per heavy atom. The minimum atomic E-state index is -1.18. The molecule has 1 aromatic rings. The predicted molar refractivity (Wildman–Crippen MR) is 88.7 cm³/mol. The van der Waals surface area contributed by atoms with Gasteiger partial charge in [-0.3, -0.25) is 4.79 Å². The Morgan fingerprint density at radius 1 is 1.29 bits per heavy atom. The minimum Gasteiger partial charge on any atom is -0.550 e. The van der Waals surface area contributed by atoms with E-state index in [1.165, 1.54) is 18.4 Å². The van der Waals surface area contributed by atoms with Crippen molar-refractivity contribution < 1.29 is 24.2 Å². The molecule has 24 heavy (non-hydrogen) atoms. The molecule has 1 heterocycles. The normalized spacial score (nSPS) is 20.4. The predicted octanol–water partition coefficient (Wildman–Crippen LogP) is 1.98. The maximum atomic E-state index is 12.6. The van der Waals surface area contributed by atoms with Crippen molar-refractivity contribution in [2.24, 2.45) is 11.8 Å². The van der Waals surface area contributed by atoms with Crippen LogP contribution in [0.2, 0.25) is 0 Å². The van der Waals surface area contributed by atoms with Gasteiger partial charge in [-0.1, -0.05) is 26.2 Å². The molecule has 6 nitrogen and oxygen atoms in total. The lowest BCUT2D eigenvalue weighted by Crippen LogP contribution is -2.42. The largest absolute Gasteiger partial charge is 0.550 e. The summed E-state index contributed by atoms with van der Waals surface area (Å²) in [5.41, 5.74) is 0.320. The number of ether oxygens (including phenoxy) is 1. The number of hydrogen-bond donors (Lipinski definition) is 1. The van der Waals surface area contributed by atoms with Crippen LogP contribution in [0.15, 0.2) is 6.07 Å². The van der Waals surface area contributed by atoms with Crippen LogP contribution in [0.3, 0.4) is 0 Å². The molecule has 0 unspecified atom stereocenters. The van der Waals surface area contributed by atoms with E-state index in [9.17, 15) is 19.5 Å². The van der Waals surface area contributed by atoms with Gasteiger partial charge in [-0.2, -0.15) is 0 Å². The molecule has 0 spiro atoms. The van der Waals surface area contributed by atoms with Gasteiger partial charge in [0, 0.05) is 22.7 Å². The molecule has 132 valence electrons. The second kappa shape index (κ2) is 8.28. The molecular weight excluding hydrogens is 330 g/mol. The van der Waals surface area contributed by atoms with Crippen molar-refractivity contribution in [1.29, 1.82) is 0 Å². The molecule has 2 atom stereocenters. The molecule has 0 radical (unpaired) electrons. The lowest BCUT2D eigenvalue weighted by Gasteiger charge is -2.31. The van der Waals surface area contributed by atoms with E-state index in [1.807, 2.05) is 6.92 Å². The van der Waals surface area contributed by atoms with Crippen molar-refractivity contribution in [3.63, 3.8) is 0 Å². The highest BCUT2D eigenvalue weighted by atomic mass is 32.1. The van der Waals surface area contributed by atoms with Gasteiger partial charge >= 0.3 is 5.97 Å². The lowest BCUT2D eigenvalue weighted by atomic mass is 9.79. The molecule has 7 heteroatoms. The van der Waals surface area contributed by atoms with Crippen molar-refractivity contribution in [2.45, 2.75) is 45.4 Å². The number of carboxylic acid groups (broad SMARTS) is 1. The van der Waals surface area contributed by atoms with Crippen LogP contribution in [-0.4, -0.2) is 25.0 Å². The van der Waals surface area contributed by atoms with Crippen LogP contribution in [0.1, 0.15) is 54.3 Å². The maximum Gasteiger partial charge on any atom is 0.340 e. The molecule has 2 rings (SSSR count). The number of methoxy groups -OCH3 is 1. The van der Waals surface area contributed by atoms with E-state index in [4.69, 9.17) is 4.74 Å². The van der Waals surface area contributed by atoms with Crippen LogP contribution in [0, 0.1) is 11.8 Å². The van der Waals surface area contributed by atoms with Gasteiger partial charge in [-0.05, 0) is 25.3 Å². The Kier molecular flexibility index (Phi) is 6.36. The summed E-state index contributed by atoms with van der Waals surface area (Å²) in [7, 11) is 1.29. The number of amides is 1. The maximum absolute atomic E-state index is 12.6. The highest BCUT2D eigenvalue weighted by Gasteiger charge is 2.32. The molecule has 0 bridgehead atoms. The molecule has 1 amide bonds. The molecule has 1 saturated carbocycles. The van der Waals surface area contributed by atoms with Gasteiger partial charge in [0.2, 0.25) is 5.91 Å². The van der Waals surface area contributed by atoms with Gasteiger partial charge in [0.15, 0.2) is 0 Å². The number of carbonyl (C=O) groups excluding carboxylic acids is 3. The number of carbonyl (C=O) groups is 3. The second-order valence-electron chi connectivity index (χ2n) is 6.00. The Morgan fingerprint density at radius 2 is 1.96 bits per heavy atom. The van der Waals surface area contributed by atoms with Crippen LogP contribution in [0.5, 0.6) is 0 Å². The Balaban J connectivity index is 2.20. The fourth-order valence-electron chi connectivity index (χ4n) is 3.10. The Labute approximate surface area is 145 Å². The third-order valence-corrected chi connectivity index (χ3v) is 5.44. The summed E-state index contributed by atoms with van der Waals surface area (Å²) in [5, 5.41) is 14.4. The van der Waals surface area contributed by atoms with Crippen LogP contribution >= 0.6 is 11.3 Å². The summed E-state index contributed by atoms with van der Waals surface area (Å²) in [6, 6.07) is 1.73. The first kappa shape index (κ1) is 18.4. The van der Waals surface area contributed by atoms with E-state index in [1.54, 1.807) is 6.07 Å². The number of aliphatic carboxylic acids is 1. The summed E-state index contributed by atoms with van der Waals surface area (Å²) in [4.78, 5) is 36.7. The zero-order chi connectivity index (χ0) is 17.7. The molecule has 1 N–H and O–H groups in total. The lowest BCUT2D eigenvalue weighted by molar-refractivity contribution is -0.313. The highest BCUT2D eigenvalue weighted by molar-refractivity contribution is 7.16.